The van der Waals surface area contributed by atoms with Crippen LogP contribution in [0.1, 0.15) is 32.1 Å². The average Bonchev–Trinajstić information content (AvgIpc) is 2.82. The molecule has 2 aromatic rings. The predicted molar refractivity (Wildman–Crippen MR) is 82.0 cm³/mol. The third-order valence-corrected chi connectivity index (χ3v) is 4.75. The Morgan fingerprint density at radius 3 is 2.95 bits per heavy atom. The van der Waals surface area contributed by atoms with E-state index in [9.17, 15) is 5.26 Å². The van der Waals surface area contributed by atoms with E-state index < -0.39 is 0 Å². The van der Waals surface area contributed by atoms with Gasteiger partial charge in [-0.25, -0.2) is 0 Å². The Morgan fingerprint density at radius 2 is 2.10 bits per heavy atom. The fraction of sp³-hybridized carbons (Fsp3) is 0.500. The second kappa shape index (κ2) is 5.94. The highest BCUT2D eigenvalue weighted by Gasteiger charge is 2.25. The average molecular weight is 307 g/mol. The molecule has 1 aliphatic carbocycles. The monoisotopic (exact) mass is 306 g/mol. The van der Waals surface area contributed by atoms with Gasteiger partial charge in [0, 0.05) is 6.04 Å². The van der Waals surface area contributed by atoms with E-state index in [0.29, 0.717) is 5.02 Å². The zero-order valence-electron chi connectivity index (χ0n) is 11.0. The summed E-state index contributed by atoms with van der Waals surface area (Å²) >= 11 is 7.49. The van der Waals surface area contributed by atoms with E-state index in [0.717, 1.165) is 42.4 Å². The van der Waals surface area contributed by atoms with Crippen LogP contribution in [-0.4, -0.2) is 14.8 Å². The molecule has 2 atom stereocenters. The minimum Gasteiger partial charge on any atom is -0.378 e. The minimum absolute atomic E-state index is 0.0374. The molecule has 0 aliphatic heterocycles. The highest BCUT2D eigenvalue weighted by atomic mass is 35.5. The molecule has 3 rings (SSSR count). The highest BCUT2D eigenvalue weighted by molar-refractivity contribution is 7.00. The second-order valence-electron chi connectivity index (χ2n) is 5.18. The van der Waals surface area contributed by atoms with Gasteiger partial charge in [0.15, 0.2) is 0 Å². The molecule has 1 N–H and O–H groups in total. The summed E-state index contributed by atoms with van der Waals surface area (Å²) in [7, 11) is 0. The number of rotatable bonds is 2. The molecule has 4 nitrogen and oxygen atoms in total. The number of nitriles is 1. The summed E-state index contributed by atoms with van der Waals surface area (Å²) in [6.07, 6.45) is 5.44. The third-order valence-electron chi connectivity index (χ3n) is 3.89. The van der Waals surface area contributed by atoms with Gasteiger partial charge in [0.1, 0.15) is 11.0 Å². The van der Waals surface area contributed by atoms with Gasteiger partial charge in [-0.05, 0) is 25.0 Å². The van der Waals surface area contributed by atoms with E-state index in [1.165, 1.54) is 18.1 Å². The summed E-state index contributed by atoms with van der Waals surface area (Å²) < 4.78 is 8.56. The fourth-order valence-electron chi connectivity index (χ4n) is 2.78. The van der Waals surface area contributed by atoms with Gasteiger partial charge in [-0.15, -0.1) is 0 Å². The SMILES string of the molecule is N#CC1CCCCCC1Nc1c(Cl)ccc2nsnc12. The number of halogens is 1. The van der Waals surface area contributed by atoms with E-state index in [1.54, 1.807) is 0 Å². The zero-order valence-corrected chi connectivity index (χ0v) is 12.5. The van der Waals surface area contributed by atoms with E-state index in [2.05, 4.69) is 20.1 Å². The van der Waals surface area contributed by atoms with Crippen molar-refractivity contribution in [3.05, 3.63) is 17.2 Å². The lowest BCUT2D eigenvalue weighted by atomic mass is 9.96. The number of fused-ring (bicyclic) bond motifs is 1. The van der Waals surface area contributed by atoms with Crippen LogP contribution in [0.5, 0.6) is 0 Å². The largest absolute Gasteiger partial charge is 0.378 e. The van der Waals surface area contributed by atoms with Crippen LogP contribution in [-0.2, 0) is 0 Å². The van der Waals surface area contributed by atoms with Gasteiger partial charge in [-0.3, -0.25) is 0 Å². The molecule has 1 aromatic carbocycles. The quantitative estimate of drug-likeness (QED) is 0.843. The first-order valence-corrected chi connectivity index (χ1v) is 7.97. The molecule has 1 saturated carbocycles. The van der Waals surface area contributed by atoms with E-state index in [1.807, 2.05) is 12.1 Å². The molecule has 104 valence electrons. The number of nitrogens with zero attached hydrogens (tertiary/aromatic N) is 3. The molecule has 20 heavy (non-hydrogen) atoms. The summed E-state index contributed by atoms with van der Waals surface area (Å²) in [5, 5.41) is 13.5. The van der Waals surface area contributed by atoms with Gasteiger partial charge < -0.3 is 5.32 Å². The molecule has 2 unspecified atom stereocenters. The van der Waals surface area contributed by atoms with Crippen LogP contribution in [0.15, 0.2) is 12.1 Å². The van der Waals surface area contributed by atoms with Crippen molar-refractivity contribution >= 4 is 40.0 Å². The molecule has 0 saturated heterocycles. The topological polar surface area (TPSA) is 61.6 Å². The third kappa shape index (κ3) is 2.58. The molecule has 1 aromatic heterocycles. The Kier molecular flexibility index (Phi) is 4.04. The van der Waals surface area contributed by atoms with E-state index >= 15 is 0 Å². The Labute approximate surface area is 127 Å². The normalized spacial score (nSPS) is 23.2. The van der Waals surface area contributed by atoms with E-state index in [-0.39, 0.29) is 12.0 Å². The van der Waals surface area contributed by atoms with Crippen LogP contribution < -0.4 is 5.32 Å². The smallest absolute Gasteiger partial charge is 0.129 e. The Bertz CT molecular complexity index is 648. The van der Waals surface area contributed by atoms with Gasteiger partial charge in [-0.2, -0.15) is 14.0 Å². The first-order valence-electron chi connectivity index (χ1n) is 6.86. The number of benzene rings is 1. The van der Waals surface area contributed by atoms with Crippen molar-refractivity contribution in [3.63, 3.8) is 0 Å². The number of nitrogens with one attached hydrogen (secondary N) is 1. The van der Waals surface area contributed by atoms with E-state index in [4.69, 9.17) is 11.6 Å². The first-order chi connectivity index (χ1) is 9.79. The van der Waals surface area contributed by atoms with Crippen molar-refractivity contribution < 1.29 is 0 Å². The maximum absolute atomic E-state index is 9.36. The molecule has 0 radical (unpaired) electrons. The molecular weight excluding hydrogens is 292 g/mol. The van der Waals surface area contributed by atoms with Crippen LogP contribution >= 0.6 is 23.3 Å². The van der Waals surface area contributed by atoms with Gasteiger partial charge >= 0.3 is 0 Å². The summed E-state index contributed by atoms with van der Waals surface area (Å²) in [4.78, 5) is 0. The van der Waals surface area contributed by atoms with Gasteiger partial charge in [0.05, 0.1) is 34.4 Å². The Balaban J connectivity index is 1.93. The Morgan fingerprint density at radius 1 is 1.25 bits per heavy atom. The van der Waals surface area contributed by atoms with Crippen LogP contribution in [0.25, 0.3) is 11.0 Å². The van der Waals surface area contributed by atoms with Gasteiger partial charge in [-0.1, -0.05) is 30.9 Å². The number of aromatic nitrogens is 2. The molecular formula is C14H15ClN4S. The van der Waals surface area contributed by atoms with Crippen molar-refractivity contribution in [2.45, 2.75) is 38.1 Å². The van der Waals surface area contributed by atoms with Crippen molar-refractivity contribution in [2.24, 2.45) is 5.92 Å². The maximum Gasteiger partial charge on any atom is 0.129 e. The fourth-order valence-corrected chi connectivity index (χ4v) is 3.53. The van der Waals surface area contributed by atoms with Crippen molar-refractivity contribution in [1.29, 1.82) is 5.26 Å². The van der Waals surface area contributed by atoms with Crippen molar-refractivity contribution in [3.8, 4) is 6.07 Å². The van der Waals surface area contributed by atoms with Crippen LogP contribution in [0.4, 0.5) is 5.69 Å². The second-order valence-corrected chi connectivity index (χ2v) is 6.11. The molecule has 0 amide bonds. The summed E-state index contributed by atoms with van der Waals surface area (Å²) in [5.41, 5.74) is 2.48. The van der Waals surface area contributed by atoms with Crippen LogP contribution in [0.2, 0.25) is 5.02 Å². The molecule has 1 aliphatic rings. The number of hydrogen-bond donors (Lipinski definition) is 1. The minimum atomic E-state index is 0.0374. The van der Waals surface area contributed by atoms with Crippen LogP contribution in [0.3, 0.4) is 0 Å². The summed E-state index contributed by atoms with van der Waals surface area (Å²) in [6.45, 7) is 0. The lowest BCUT2D eigenvalue weighted by Crippen LogP contribution is -2.27. The summed E-state index contributed by atoms with van der Waals surface area (Å²) in [5.74, 6) is 0.0374. The number of anilines is 1. The molecule has 0 bridgehead atoms. The molecule has 0 spiro atoms. The number of hydrogen-bond acceptors (Lipinski definition) is 5. The predicted octanol–water partition coefficient (Wildman–Crippen LogP) is 4.23. The maximum atomic E-state index is 9.36. The zero-order chi connectivity index (χ0) is 13.9. The summed E-state index contributed by atoms with van der Waals surface area (Å²) in [6, 6.07) is 6.30. The van der Waals surface area contributed by atoms with Crippen LogP contribution in [0, 0.1) is 17.2 Å². The van der Waals surface area contributed by atoms with Gasteiger partial charge in [0.25, 0.3) is 0 Å². The molecule has 1 fully saturated rings. The highest BCUT2D eigenvalue weighted by Crippen LogP contribution is 2.33. The lowest BCUT2D eigenvalue weighted by molar-refractivity contribution is 0.514. The van der Waals surface area contributed by atoms with Gasteiger partial charge in [0.2, 0.25) is 0 Å². The molecule has 6 heteroatoms. The molecule has 1 heterocycles. The lowest BCUT2D eigenvalue weighted by Gasteiger charge is -2.22. The first kappa shape index (κ1) is 13.6. The van der Waals surface area contributed by atoms with Crippen molar-refractivity contribution in [1.82, 2.24) is 8.75 Å². The standard InChI is InChI=1S/C14H15ClN4S/c15-10-6-7-12-14(19-20-18-12)13(10)17-11-5-3-1-2-4-9(11)8-16/h6-7,9,11,17H,1-5H2. The Hall–Kier alpha value is -1.38. The van der Waals surface area contributed by atoms with Crippen molar-refractivity contribution in [2.75, 3.05) is 5.32 Å².